The van der Waals surface area contributed by atoms with Gasteiger partial charge in [0.05, 0.1) is 12.1 Å². The molecule has 0 unspecified atom stereocenters. The van der Waals surface area contributed by atoms with Gasteiger partial charge in [0.25, 0.3) is 0 Å². The van der Waals surface area contributed by atoms with Crippen LogP contribution in [-0.2, 0) is 24.4 Å². The third-order valence-electron chi connectivity index (χ3n) is 5.49. The maximum atomic E-state index is 11.9. The summed E-state index contributed by atoms with van der Waals surface area (Å²) in [4.78, 5) is 23.0. The predicted molar refractivity (Wildman–Crippen MR) is 140 cm³/mol. The molecule has 6 nitrogen and oxygen atoms in total. The number of benzene rings is 2. The molecule has 0 aliphatic carbocycles. The number of hydrogen-bond acceptors (Lipinski definition) is 3. The van der Waals surface area contributed by atoms with Gasteiger partial charge in [-0.3, -0.25) is 9.78 Å². The van der Waals surface area contributed by atoms with Crippen molar-refractivity contribution in [3.63, 3.8) is 0 Å². The van der Waals surface area contributed by atoms with Crippen molar-refractivity contribution in [3.05, 3.63) is 77.5 Å². The largest absolute Gasteiger partial charge is 0.357 e. The van der Waals surface area contributed by atoms with Crippen molar-refractivity contribution in [1.29, 1.82) is 0 Å². The van der Waals surface area contributed by atoms with E-state index in [-0.39, 0.29) is 29.9 Å². The first-order valence-electron chi connectivity index (χ1n) is 10.9. The van der Waals surface area contributed by atoms with E-state index in [4.69, 9.17) is 4.99 Å². The summed E-state index contributed by atoms with van der Waals surface area (Å²) in [6.45, 7) is 5.65. The fourth-order valence-corrected chi connectivity index (χ4v) is 3.92. The number of nitrogens with zero attached hydrogens (tertiary/aromatic N) is 3. The second-order valence-electron chi connectivity index (χ2n) is 7.77. The first-order chi connectivity index (χ1) is 15.2. The van der Waals surface area contributed by atoms with Crippen molar-refractivity contribution in [2.24, 2.45) is 4.99 Å². The smallest absolute Gasteiger partial charge is 0.222 e. The first-order valence-corrected chi connectivity index (χ1v) is 10.9. The van der Waals surface area contributed by atoms with Crippen molar-refractivity contribution < 1.29 is 4.79 Å². The molecule has 0 saturated carbocycles. The van der Waals surface area contributed by atoms with Gasteiger partial charge in [-0.05, 0) is 42.2 Å². The zero-order valence-corrected chi connectivity index (χ0v) is 20.7. The Morgan fingerprint density at radius 2 is 1.94 bits per heavy atom. The molecule has 168 valence electrons. The van der Waals surface area contributed by atoms with Crippen molar-refractivity contribution >= 4 is 46.7 Å². The van der Waals surface area contributed by atoms with Crippen LogP contribution in [0.15, 0.2) is 65.8 Å². The Bertz CT molecular complexity index is 1080. The second kappa shape index (κ2) is 11.8. The molecule has 3 aromatic rings. The number of likely N-dealkylation sites (tertiary alicyclic amines) is 1. The minimum atomic E-state index is 0. The molecular formula is C25H30IN5O. The molecule has 4 rings (SSSR count). The molecular weight excluding hydrogens is 513 g/mol. The minimum Gasteiger partial charge on any atom is -0.357 e. The zero-order valence-electron chi connectivity index (χ0n) is 18.4. The summed E-state index contributed by atoms with van der Waals surface area (Å²) >= 11 is 0. The van der Waals surface area contributed by atoms with Crippen LogP contribution in [0.5, 0.6) is 0 Å². The number of para-hydroxylation sites is 1. The number of guanidine groups is 1. The van der Waals surface area contributed by atoms with Crippen LogP contribution in [0, 0.1) is 0 Å². The van der Waals surface area contributed by atoms with Gasteiger partial charge in [0.15, 0.2) is 5.96 Å². The molecule has 0 spiro atoms. The van der Waals surface area contributed by atoms with Gasteiger partial charge in [0, 0.05) is 44.2 Å². The number of amides is 1. The number of rotatable bonds is 7. The van der Waals surface area contributed by atoms with E-state index in [1.54, 1.807) is 0 Å². The molecule has 2 N–H and O–H groups in total. The monoisotopic (exact) mass is 543 g/mol. The van der Waals surface area contributed by atoms with Gasteiger partial charge in [-0.15, -0.1) is 24.0 Å². The van der Waals surface area contributed by atoms with Crippen molar-refractivity contribution in [2.45, 2.75) is 39.4 Å². The van der Waals surface area contributed by atoms with Gasteiger partial charge in [-0.25, -0.2) is 4.99 Å². The molecule has 2 heterocycles. The Hall–Kier alpha value is -2.68. The fraction of sp³-hybridized carbons (Fsp3) is 0.320. The number of pyridine rings is 1. The Balaban J connectivity index is 0.00000289. The molecule has 1 aliphatic heterocycles. The fourth-order valence-electron chi connectivity index (χ4n) is 3.92. The van der Waals surface area contributed by atoms with E-state index < -0.39 is 0 Å². The summed E-state index contributed by atoms with van der Waals surface area (Å²) in [5, 5.41) is 7.91. The van der Waals surface area contributed by atoms with Crippen LogP contribution in [-0.4, -0.2) is 34.8 Å². The lowest BCUT2D eigenvalue weighted by atomic mass is 10.1. The number of fused-ring (bicyclic) bond motifs is 1. The normalized spacial score (nSPS) is 13.8. The summed E-state index contributed by atoms with van der Waals surface area (Å²) in [6, 6.07) is 18.6. The number of halogens is 1. The van der Waals surface area contributed by atoms with Gasteiger partial charge in [0.2, 0.25) is 5.91 Å². The average Bonchev–Trinajstić information content (AvgIpc) is 3.20. The molecule has 0 radical (unpaired) electrons. The first kappa shape index (κ1) is 24.0. The summed E-state index contributed by atoms with van der Waals surface area (Å²) < 4.78 is 0. The quantitative estimate of drug-likeness (QED) is 0.266. The van der Waals surface area contributed by atoms with Gasteiger partial charge >= 0.3 is 0 Å². The van der Waals surface area contributed by atoms with Crippen LogP contribution in [0.2, 0.25) is 0 Å². The van der Waals surface area contributed by atoms with Crippen molar-refractivity contribution in [1.82, 2.24) is 20.5 Å². The Kier molecular flexibility index (Phi) is 8.84. The highest BCUT2D eigenvalue weighted by atomic mass is 127. The molecule has 0 bridgehead atoms. The van der Waals surface area contributed by atoms with Gasteiger partial charge in [0.1, 0.15) is 0 Å². The molecule has 32 heavy (non-hydrogen) atoms. The van der Waals surface area contributed by atoms with E-state index in [1.807, 2.05) is 41.4 Å². The van der Waals surface area contributed by atoms with E-state index in [0.29, 0.717) is 26.1 Å². The van der Waals surface area contributed by atoms with Gasteiger partial charge in [-0.2, -0.15) is 0 Å². The molecule has 7 heteroatoms. The van der Waals surface area contributed by atoms with Crippen LogP contribution in [0.1, 0.15) is 36.5 Å². The van der Waals surface area contributed by atoms with Crippen molar-refractivity contribution in [3.8, 4) is 0 Å². The molecule has 1 saturated heterocycles. The zero-order chi connectivity index (χ0) is 21.5. The highest BCUT2D eigenvalue weighted by Crippen LogP contribution is 2.17. The van der Waals surface area contributed by atoms with Gasteiger partial charge < -0.3 is 15.5 Å². The Labute approximate surface area is 206 Å². The SMILES string of the molecule is CCNC(=NCc1cccc(CN2CCCC2=O)c1)NCc1ccnc2ccccc12.I. The van der Waals surface area contributed by atoms with Crippen LogP contribution >= 0.6 is 24.0 Å². The maximum absolute atomic E-state index is 11.9. The van der Waals surface area contributed by atoms with Crippen LogP contribution < -0.4 is 10.6 Å². The summed E-state index contributed by atoms with van der Waals surface area (Å²) in [7, 11) is 0. The van der Waals surface area contributed by atoms with E-state index in [1.165, 1.54) is 5.56 Å². The third-order valence-corrected chi connectivity index (χ3v) is 5.49. The van der Waals surface area contributed by atoms with Crippen molar-refractivity contribution in [2.75, 3.05) is 13.1 Å². The molecule has 1 aromatic heterocycles. The lowest BCUT2D eigenvalue weighted by Gasteiger charge is -2.16. The highest BCUT2D eigenvalue weighted by Gasteiger charge is 2.19. The van der Waals surface area contributed by atoms with E-state index >= 15 is 0 Å². The lowest BCUT2D eigenvalue weighted by molar-refractivity contribution is -0.128. The van der Waals surface area contributed by atoms with E-state index in [2.05, 4.69) is 46.8 Å². The number of aliphatic imine (C=N–C) groups is 1. The molecule has 1 fully saturated rings. The number of nitrogens with one attached hydrogen (secondary N) is 2. The molecule has 0 atom stereocenters. The lowest BCUT2D eigenvalue weighted by Crippen LogP contribution is -2.36. The standard InChI is InChI=1S/C25H29N5O.HI/c1-2-26-25(29-17-21-12-13-27-23-10-4-3-9-22(21)23)28-16-19-7-5-8-20(15-19)18-30-14-6-11-24(30)31;/h3-5,7-10,12-13,15H,2,6,11,14,16-18H2,1H3,(H2,26,28,29);1H. The second-order valence-corrected chi connectivity index (χ2v) is 7.77. The summed E-state index contributed by atoms with van der Waals surface area (Å²) in [6.07, 6.45) is 3.49. The number of carbonyl (C=O) groups is 1. The topological polar surface area (TPSA) is 69.6 Å². The summed E-state index contributed by atoms with van der Waals surface area (Å²) in [5.74, 6) is 1.04. The van der Waals surface area contributed by atoms with Crippen LogP contribution in [0.4, 0.5) is 0 Å². The number of hydrogen-bond donors (Lipinski definition) is 2. The average molecular weight is 543 g/mol. The minimum absolute atomic E-state index is 0. The summed E-state index contributed by atoms with van der Waals surface area (Å²) in [5.41, 5.74) is 4.48. The maximum Gasteiger partial charge on any atom is 0.222 e. The van der Waals surface area contributed by atoms with Crippen LogP contribution in [0.3, 0.4) is 0 Å². The molecule has 1 amide bonds. The number of aromatic nitrogens is 1. The Morgan fingerprint density at radius 3 is 2.75 bits per heavy atom. The molecule has 2 aromatic carbocycles. The highest BCUT2D eigenvalue weighted by molar-refractivity contribution is 14.0. The third kappa shape index (κ3) is 6.18. The van der Waals surface area contributed by atoms with E-state index in [9.17, 15) is 4.79 Å². The van der Waals surface area contributed by atoms with E-state index in [0.717, 1.165) is 47.5 Å². The van der Waals surface area contributed by atoms with Crippen LogP contribution in [0.25, 0.3) is 10.9 Å². The molecule has 1 aliphatic rings. The Morgan fingerprint density at radius 1 is 1.09 bits per heavy atom. The van der Waals surface area contributed by atoms with Gasteiger partial charge in [-0.1, -0.05) is 42.5 Å². The number of carbonyl (C=O) groups excluding carboxylic acids is 1. The predicted octanol–water partition coefficient (Wildman–Crippen LogP) is 4.23.